The van der Waals surface area contributed by atoms with E-state index in [2.05, 4.69) is 15.2 Å². The average Bonchev–Trinajstić information content (AvgIpc) is 2.64. The number of aromatic nitrogens is 3. The van der Waals surface area contributed by atoms with Gasteiger partial charge in [-0.1, -0.05) is 0 Å². The molecule has 4 nitrogen and oxygen atoms in total. The number of H-pyrrole nitrogens is 1. The number of halogens is 1. The van der Waals surface area contributed by atoms with E-state index in [1.165, 1.54) is 12.1 Å². The van der Waals surface area contributed by atoms with Crippen molar-refractivity contribution in [3.8, 4) is 11.4 Å². The van der Waals surface area contributed by atoms with Gasteiger partial charge in [-0.3, -0.25) is 5.10 Å². The normalized spacial score (nSPS) is 12.8. The van der Waals surface area contributed by atoms with Gasteiger partial charge in [0.2, 0.25) is 0 Å². The van der Waals surface area contributed by atoms with E-state index in [0.29, 0.717) is 17.2 Å². The lowest BCUT2D eigenvalue weighted by Crippen LogP contribution is -2.06. The van der Waals surface area contributed by atoms with E-state index in [4.69, 9.17) is 5.73 Å². The van der Waals surface area contributed by atoms with Crippen LogP contribution in [0.25, 0.3) is 11.4 Å². The Morgan fingerprint density at radius 3 is 2.69 bits per heavy atom. The fraction of sp³-hybridized carbons (Fsp3) is 0.273. The number of benzene rings is 1. The Morgan fingerprint density at radius 1 is 1.38 bits per heavy atom. The lowest BCUT2D eigenvalue weighted by atomic mass is 10.1. The molecule has 1 unspecified atom stereocenters. The molecule has 2 rings (SSSR count). The predicted molar refractivity (Wildman–Crippen MR) is 59.1 cm³/mol. The van der Waals surface area contributed by atoms with E-state index >= 15 is 0 Å². The van der Waals surface area contributed by atoms with Gasteiger partial charge in [-0.2, -0.15) is 5.10 Å². The second kappa shape index (κ2) is 4.02. The summed E-state index contributed by atoms with van der Waals surface area (Å²) in [7, 11) is 0. The first-order valence-electron chi connectivity index (χ1n) is 5.01. The highest BCUT2D eigenvalue weighted by atomic mass is 19.1. The van der Waals surface area contributed by atoms with E-state index < -0.39 is 0 Å². The highest BCUT2D eigenvalue weighted by Crippen LogP contribution is 2.19. The third-order valence-electron chi connectivity index (χ3n) is 2.23. The summed E-state index contributed by atoms with van der Waals surface area (Å²) in [5, 5.41) is 6.74. The molecule has 2 aromatic rings. The monoisotopic (exact) mass is 220 g/mol. The Morgan fingerprint density at radius 2 is 2.12 bits per heavy atom. The number of nitrogens with one attached hydrogen (secondary N) is 1. The lowest BCUT2D eigenvalue weighted by molar-refractivity contribution is 0.627. The zero-order chi connectivity index (χ0) is 11.7. The van der Waals surface area contributed by atoms with Gasteiger partial charge in [0.05, 0.1) is 6.04 Å². The maximum Gasteiger partial charge on any atom is 0.181 e. The van der Waals surface area contributed by atoms with Crippen LogP contribution in [0, 0.1) is 12.7 Å². The standard InChI is InChI=1S/C11H13FN4/c1-6-3-8(5-9(12)4-6)11-14-10(7(2)13)15-16-11/h3-5,7H,13H2,1-2H3,(H,14,15,16). The van der Waals surface area contributed by atoms with Gasteiger partial charge in [0.1, 0.15) is 11.6 Å². The highest BCUT2D eigenvalue weighted by Gasteiger charge is 2.09. The summed E-state index contributed by atoms with van der Waals surface area (Å²) in [6.45, 7) is 3.63. The average molecular weight is 220 g/mol. The third kappa shape index (κ3) is 2.09. The summed E-state index contributed by atoms with van der Waals surface area (Å²) in [5.74, 6) is 0.772. The van der Waals surface area contributed by atoms with Crippen LogP contribution in [0.5, 0.6) is 0 Å². The minimum atomic E-state index is -0.290. The van der Waals surface area contributed by atoms with Gasteiger partial charge < -0.3 is 5.73 Å². The molecule has 84 valence electrons. The minimum Gasteiger partial charge on any atom is -0.322 e. The van der Waals surface area contributed by atoms with Gasteiger partial charge in [-0.25, -0.2) is 9.37 Å². The smallest absolute Gasteiger partial charge is 0.181 e. The quantitative estimate of drug-likeness (QED) is 0.812. The molecule has 0 radical (unpaired) electrons. The number of nitrogens with two attached hydrogens (primary N) is 1. The first kappa shape index (κ1) is 10.8. The largest absolute Gasteiger partial charge is 0.322 e. The van der Waals surface area contributed by atoms with Crippen LogP contribution in [0.4, 0.5) is 4.39 Å². The first-order valence-corrected chi connectivity index (χ1v) is 5.01. The molecule has 0 spiro atoms. The zero-order valence-corrected chi connectivity index (χ0v) is 9.16. The Balaban J connectivity index is 2.42. The molecule has 16 heavy (non-hydrogen) atoms. The van der Waals surface area contributed by atoms with Gasteiger partial charge in [0.25, 0.3) is 0 Å². The second-order valence-corrected chi connectivity index (χ2v) is 3.85. The lowest BCUT2D eigenvalue weighted by Gasteiger charge is -1.99. The van der Waals surface area contributed by atoms with Crippen LogP contribution in [0.3, 0.4) is 0 Å². The zero-order valence-electron chi connectivity index (χ0n) is 9.16. The SMILES string of the molecule is Cc1cc(F)cc(-c2n[nH]c(C(C)N)n2)c1. The summed E-state index contributed by atoms with van der Waals surface area (Å²) in [6.07, 6.45) is 0. The van der Waals surface area contributed by atoms with Crippen LogP contribution in [0.1, 0.15) is 24.4 Å². The fourth-order valence-electron chi connectivity index (χ4n) is 1.47. The molecule has 3 N–H and O–H groups in total. The molecular weight excluding hydrogens is 207 g/mol. The fourth-order valence-corrected chi connectivity index (χ4v) is 1.47. The molecule has 5 heteroatoms. The number of aromatic amines is 1. The molecule has 1 heterocycles. The van der Waals surface area contributed by atoms with Crippen LogP contribution in [-0.4, -0.2) is 15.2 Å². The van der Waals surface area contributed by atoms with E-state index in [9.17, 15) is 4.39 Å². The summed E-state index contributed by atoms with van der Waals surface area (Å²) in [4.78, 5) is 4.20. The summed E-state index contributed by atoms with van der Waals surface area (Å²) < 4.78 is 13.2. The third-order valence-corrected chi connectivity index (χ3v) is 2.23. The van der Waals surface area contributed by atoms with E-state index in [-0.39, 0.29) is 11.9 Å². The van der Waals surface area contributed by atoms with Crippen molar-refractivity contribution >= 4 is 0 Å². The predicted octanol–water partition coefficient (Wildman–Crippen LogP) is 1.94. The van der Waals surface area contributed by atoms with Gasteiger partial charge in [-0.15, -0.1) is 0 Å². The van der Waals surface area contributed by atoms with Crippen LogP contribution in [0.2, 0.25) is 0 Å². The van der Waals surface area contributed by atoms with E-state index in [1.54, 1.807) is 6.92 Å². The molecule has 0 bridgehead atoms. The van der Waals surface area contributed by atoms with Gasteiger partial charge in [0, 0.05) is 5.56 Å². The molecule has 1 aromatic heterocycles. The van der Waals surface area contributed by atoms with Crippen molar-refractivity contribution in [3.63, 3.8) is 0 Å². The van der Waals surface area contributed by atoms with E-state index in [0.717, 1.165) is 5.56 Å². The van der Waals surface area contributed by atoms with Crippen molar-refractivity contribution in [1.29, 1.82) is 0 Å². The minimum absolute atomic E-state index is 0.212. The van der Waals surface area contributed by atoms with Crippen molar-refractivity contribution in [3.05, 3.63) is 35.4 Å². The summed E-state index contributed by atoms with van der Waals surface area (Å²) in [6, 6.07) is 4.48. The molecule has 1 aromatic carbocycles. The van der Waals surface area contributed by atoms with Crippen molar-refractivity contribution in [2.24, 2.45) is 5.73 Å². The maximum atomic E-state index is 13.2. The van der Waals surface area contributed by atoms with Crippen LogP contribution in [0.15, 0.2) is 18.2 Å². The van der Waals surface area contributed by atoms with Gasteiger partial charge >= 0.3 is 0 Å². The van der Waals surface area contributed by atoms with Crippen LogP contribution in [-0.2, 0) is 0 Å². The van der Waals surface area contributed by atoms with Crippen molar-refractivity contribution in [2.45, 2.75) is 19.9 Å². The van der Waals surface area contributed by atoms with Gasteiger partial charge in [-0.05, 0) is 37.6 Å². The first-order chi connectivity index (χ1) is 7.56. The molecule has 0 saturated carbocycles. The Labute approximate surface area is 92.7 Å². The van der Waals surface area contributed by atoms with Crippen molar-refractivity contribution in [1.82, 2.24) is 15.2 Å². The summed E-state index contributed by atoms with van der Waals surface area (Å²) >= 11 is 0. The molecule has 0 amide bonds. The van der Waals surface area contributed by atoms with Crippen molar-refractivity contribution in [2.75, 3.05) is 0 Å². The second-order valence-electron chi connectivity index (χ2n) is 3.85. The Bertz CT molecular complexity index is 484. The van der Waals surface area contributed by atoms with Crippen LogP contribution < -0.4 is 5.73 Å². The topological polar surface area (TPSA) is 67.6 Å². The molecule has 0 aliphatic rings. The molecular formula is C11H13FN4. The molecule has 0 aliphatic carbocycles. The number of nitrogens with zero attached hydrogens (tertiary/aromatic N) is 2. The number of aryl methyl sites for hydroxylation is 1. The number of hydrogen-bond donors (Lipinski definition) is 2. The maximum absolute atomic E-state index is 13.2. The molecule has 0 fully saturated rings. The molecule has 1 atom stereocenters. The molecule has 0 saturated heterocycles. The Kier molecular flexibility index (Phi) is 2.70. The van der Waals surface area contributed by atoms with Gasteiger partial charge in [0.15, 0.2) is 5.82 Å². The molecule has 0 aliphatic heterocycles. The van der Waals surface area contributed by atoms with E-state index in [1.807, 2.05) is 13.0 Å². The van der Waals surface area contributed by atoms with Crippen LogP contribution >= 0.6 is 0 Å². The summed E-state index contributed by atoms with van der Waals surface area (Å²) in [5.41, 5.74) is 7.15. The number of rotatable bonds is 2. The Hall–Kier alpha value is -1.75. The highest BCUT2D eigenvalue weighted by molar-refractivity contribution is 5.55. The van der Waals surface area contributed by atoms with Crippen molar-refractivity contribution < 1.29 is 4.39 Å². The number of hydrogen-bond acceptors (Lipinski definition) is 3.